The number of nitrogens with one attached hydrogen (secondary N) is 1. The molecule has 3 aromatic rings. The molecule has 0 bridgehead atoms. The van der Waals surface area contributed by atoms with Gasteiger partial charge in [0.15, 0.2) is 11.5 Å². The third-order valence-corrected chi connectivity index (χ3v) is 5.73. The summed E-state index contributed by atoms with van der Waals surface area (Å²) in [6, 6.07) is 3.91. The number of ether oxygens (including phenoxy) is 3. The van der Waals surface area contributed by atoms with Gasteiger partial charge in [-0.1, -0.05) is 10.3 Å². The number of benzene rings is 1. The van der Waals surface area contributed by atoms with Gasteiger partial charge in [-0.2, -0.15) is 0 Å². The Labute approximate surface area is 186 Å². The van der Waals surface area contributed by atoms with E-state index in [4.69, 9.17) is 23.8 Å². The number of pyridine rings is 1. The number of aromatic nitrogens is 3. The van der Waals surface area contributed by atoms with Crippen molar-refractivity contribution in [2.24, 2.45) is 0 Å². The Bertz CT molecular complexity index is 1090. The lowest BCUT2D eigenvalue weighted by Gasteiger charge is -2.32. The van der Waals surface area contributed by atoms with Gasteiger partial charge in [0, 0.05) is 43.2 Å². The maximum absolute atomic E-state index is 10.2. The molecule has 4 rings (SSSR count). The Morgan fingerprint density at radius 3 is 2.59 bits per heavy atom. The number of anilines is 1. The zero-order valence-corrected chi connectivity index (χ0v) is 18.8. The van der Waals surface area contributed by atoms with Crippen LogP contribution in [0.25, 0.3) is 10.9 Å². The van der Waals surface area contributed by atoms with Crippen molar-refractivity contribution in [3.05, 3.63) is 29.1 Å². The predicted molar refractivity (Wildman–Crippen MR) is 118 cm³/mol. The Morgan fingerprint density at radius 1 is 1.12 bits per heavy atom. The van der Waals surface area contributed by atoms with Gasteiger partial charge in [0.1, 0.15) is 17.2 Å². The summed E-state index contributed by atoms with van der Waals surface area (Å²) >= 11 is 0. The molecule has 3 heterocycles. The Hall–Kier alpha value is -3.11. The second-order valence-corrected chi connectivity index (χ2v) is 7.83. The largest absolute Gasteiger partial charge is 0.493 e. The standard InChI is InChI=1S/C22H29N5O5/c1-13-18(26-32-25-13)11-23-10-14-8-16-17(9-19(29-2)21(31-4)20(16)30-3)24-22(14)27-7-5-6-15(28)12-27/h8-9,15,23,28H,5-7,10-12H2,1-4H3. The third-order valence-electron chi connectivity index (χ3n) is 5.73. The molecular formula is C22H29N5O5. The highest BCUT2D eigenvalue weighted by atomic mass is 16.6. The van der Waals surface area contributed by atoms with Gasteiger partial charge in [-0.3, -0.25) is 0 Å². The monoisotopic (exact) mass is 443 g/mol. The van der Waals surface area contributed by atoms with Crippen LogP contribution in [-0.4, -0.2) is 60.9 Å². The van der Waals surface area contributed by atoms with Crippen LogP contribution in [-0.2, 0) is 13.1 Å². The minimum absolute atomic E-state index is 0.370. The summed E-state index contributed by atoms with van der Waals surface area (Å²) < 4.78 is 21.5. The highest BCUT2D eigenvalue weighted by Gasteiger charge is 2.24. The number of rotatable bonds is 8. The second kappa shape index (κ2) is 9.58. The van der Waals surface area contributed by atoms with Crippen molar-refractivity contribution in [2.45, 2.75) is 39.0 Å². The molecule has 1 atom stereocenters. The van der Waals surface area contributed by atoms with Crippen molar-refractivity contribution in [3.63, 3.8) is 0 Å². The van der Waals surface area contributed by atoms with E-state index in [0.717, 1.165) is 53.1 Å². The van der Waals surface area contributed by atoms with Gasteiger partial charge in [-0.25, -0.2) is 9.61 Å². The van der Waals surface area contributed by atoms with Crippen molar-refractivity contribution in [2.75, 3.05) is 39.3 Å². The number of aryl methyl sites for hydroxylation is 1. The first kappa shape index (κ1) is 22.1. The van der Waals surface area contributed by atoms with Crippen LogP contribution in [0.1, 0.15) is 29.8 Å². The number of hydrogen-bond donors (Lipinski definition) is 2. The number of β-amino-alcohol motifs (C(OH)–C–C–N with tert-alkyl or cyclic N) is 1. The van der Waals surface area contributed by atoms with Gasteiger partial charge in [0.2, 0.25) is 5.75 Å². The lowest BCUT2D eigenvalue weighted by Crippen LogP contribution is -2.39. The molecule has 0 spiro atoms. The smallest absolute Gasteiger partial charge is 0.204 e. The van der Waals surface area contributed by atoms with Crippen molar-refractivity contribution in [3.8, 4) is 17.2 Å². The van der Waals surface area contributed by atoms with Gasteiger partial charge in [-0.05, 0) is 25.8 Å². The molecule has 0 radical (unpaired) electrons. The first-order valence-electron chi connectivity index (χ1n) is 10.6. The normalized spacial score (nSPS) is 16.4. The fourth-order valence-electron chi connectivity index (χ4n) is 4.10. The summed E-state index contributed by atoms with van der Waals surface area (Å²) in [6.45, 7) is 4.28. The summed E-state index contributed by atoms with van der Waals surface area (Å²) in [6.07, 6.45) is 1.34. The molecule has 10 nitrogen and oxygen atoms in total. The van der Waals surface area contributed by atoms with Gasteiger partial charge in [0.05, 0.1) is 33.0 Å². The predicted octanol–water partition coefficient (Wildman–Crippen LogP) is 2.20. The molecule has 1 saturated heterocycles. The molecule has 1 fully saturated rings. The number of aliphatic hydroxyl groups is 1. The molecule has 172 valence electrons. The quantitative estimate of drug-likeness (QED) is 0.537. The van der Waals surface area contributed by atoms with Gasteiger partial charge < -0.3 is 29.5 Å². The number of fused-ring (bicyclic) bond motifs is 1. The molecule has 0 saturated carbocycles. The van der Waals surface area contributed by atoms with Gasteiger partial charge in [-0.15, -0.1) is 0 Å². The highest BCUT2D eigenvalue weighted by Crippen LogP contribution is 2.44. The molecule has 0 aliphatic carbocycles. The average Bonchev–Trinajstić information content (AvgIpc) is 3.21. The highest BCUT2D eigenvalue weighted by molar-refractivity contribution is 5.92. The van der Waals surface area contributed by atoms with E-state index in [2.05, 4.69) is 26.6 Å². The molecule has 2 N–H and O–H groups in total. The van der Waals surface area contributed by atoms with E-state index >= 15 is 0 Å². The van der Waals surface area contributed by atoms with Crippen LogP contribution >= 0.6 is 0 Å². The molecule has 10 heteroatoms. The van der Waals surface area contributed by atoms with Gasteiger partial charge in [0.25, 0.3) is 0 Å². The molecule has 0 amide bonds. The Morgan fingerprint density at radius 2 is 1.94 bits per heavy atom. The first-order chi connectivity index (χ1) is 15.5. The third kappa shape index (κ3) is 4.28. The van der Waals surface area contributed by atoms with Crippen molar-refractivity contribution < 1.29 is 23.9 Å². The van der Waals surface area contributed by atoms with E-state index in [0.29, 0.717) is 36.9 Å². The molecular weight excluding hydrogens is 414 g/mol. The SMILES string of the molecule is COc1cc2nc(N3CCCC(O)C3)c(CNCc3nonc3C)cc2c(OC)c1OC. The zero-order valence-electron chi connectivity index (χ0n) is 18.8. The van der Waals surface area contributed by atoms with E-state index < -0.39 is 0 Å². The number of nitrogens with zero attached hydrogens (tertiary/aromatic N) is 4. The maximum Gasteiger partial charge on any atom is 0.204 e. The zero-order chi connectivity index (χ0) is 22.7. The molecule has 2 aromatic heterocycles. The minimum Gasteiger partial charge on any atom is -0.493 e. The fraction of sp³-hybridized carbons (Fsp3) is 0.500. The first-order valence-corrected chi connectivity index (χ1v) is 10.6. The number of aliphatic hydroxyl groups excluding tert-OH is 1. The lowest BCUT2D eigenvalue weighted by atomic mass is 10.1. The van der Waals surface area contributed by atoms with Crippen molar-refractivity contribution in [1.82, 2.24) is 20.6 Å². The fourth-order valence-corrected chi connectivity index (χ4v) is 4.10. The molecule has 1 unspecified atom stereocenters. The summed E-state index contributed by atoms with van der Waals surface area (Å²) in [5, 5.41) is 22.2. The van der Waals surface area contributed by atoms with E-state index in [9.17, 15) is 5.11 Å². The number of piperidine rings is 1. The van der Waals surface area contributed by atoms with Crippen LogP contribution in [0.4, 0.5) is 5.82 Å². The van der Waals surface area contributed by atoms with Crippen LogP contribution in [0.2, 0.25) is 0 Å². The van der Waals surface area contributed by atoms with E-state index in [1.165, 1.54) is 0 Å². The maximum atomic E-state index is 10.2. The van der Waals surface area contributed by atoms with Crippen LogP contribution in [0.3, 0.4) is 0 Å². The average molecular weight is 444 g/mol. The van der Waals surface area contributed by atoms with Gasteiger partial charge >= 0.3 is 0 Å². The van der Waals surface area contributed by atoms with Crippen LogP contribution in [0.5, 0.6) is 17.2 Å². The molecule has 1 aliphatic rings. The Kier molecular flexibility index (Phi) is 6.61. The minimum atomic E-state index is -0.370. The van der Waals surface area contributed by atoms with E-state index in [-0.39, 0.29) is 6.10 Å². The number of hydrogen-bond acceptors (Lipinski definition) is 10. The molecule has 32 heavy (non-hydrogen) atoms. The van der Waals surface area contributed by atoms with Crippen molar-refractivity contribution >= 4 is 16.7 Å². The van der Waals surface area contributed by atoms with Crippen LogP contribution in [0.15, 0.2) is 16.8 Å². The lowest BCUT2D eigenvalue weighted by molar-refractivity contribution is 0.154. The summed E-state index contributed by atoms with van der Waals surface area (Å²) in [5.74, 6) is 2.47. The molecule has 1 aliphatic heterocycles. The van der Waals surface area contributed by atoms with Crippen LogP contribution < -0.4 is 24.4 Å². The summed E-state index contributed by atoms with van der Waals surface area (Å²) in [7, 11) is 4.77. The second-order valence-electron chi connectivity index (χ2n) is 7.83. The van der Waals surface area contributed by atoms with E-state index in [1.807, 2.05) is 13.0 Å². The summed E-state index contributed by atoms with van der Waals surface area (Å²) in [5.41, 5.74) is 3.23. The van der Waals surface area contributed by atoms with Crippen molar-refractivity contribution in [1.29, 1.82) is 0 Å². The Balaban J connectivity index is 1.76. The topological polar surface area (TPSA) is 115 Å². The summed E-state index contributed by atoms with van der Waals surface area (Å²) in [4.78, 5) is 7.11. The van der Waals surface area contributed by atoms with E-state index in [1.54, 1.807) is 21.3 Å². The van der Waals surface area contributed by atoms with Crippen LogP contribution in [0, 0.1) is 6.92 Å². The number of methoxy groups -OCH3 is 3. The molecule has 1 aromatic carbocycles.